The van der Waals surface area contributed by atoms with Gasteiger partial charge in [-0.05, 0) is 61.8 Å². The van der Waals surface area contributed by atoms with Gasteiger partial charge in [-0.25, -0.2) is 9.97 Å². The first-order chi connectivity index (χ1) is 30.4. The molecular weight excluding hydrogens is 879 g/mol. The maximum Gasteiger partial charge on any atom is 0.271 e. The average Bonchev–Trinajstić information content (AvgIpc) is 4.04. The second-order valence-corrected chi connectivity index (χ2v) is 20.9. The van der Waals surface area contributed by atoms with E-state index in [0.717, 1.165) is 5.56 Å². The molecule has 20 heteroatoms. The van der Waals surface area contributed by atoms with Crippen molar-refractivity contribution in [2.45, 2.75) is 116 Å². The van der Waals surface area contributed by atoms with Crippen molar-refractivity contribution in [3.63, 3.8) is 0 Å². The van der Waals surface area contributed by atoms with E-state index in [1.54, 1.807) is 29.5 Å². The molecule has 7 amide bonds. The Bertz CT molecular complexity index is 2160. The molecule has 17 nitrogen and oxygen atoms in total. The molecular formula is C44H61N9O8S3. The predicted molar refractivity (Wildman–Crippen MR) is 246 cm³/mol. The van der Waals surface area contributed by atoms with E-state index in [4.69, 9.17) is 4.98 Å². The first-order valence-electron chi connectivity index (χ1n) is 21.7. The summed E-state index contributed by atoms with van der Waals surface area (Å²) in [5.41, 5.74) is 1.08. The van der Waals surface area contributed by atoms with Gasteiger partial charge in [0.05, 0.1) is 18.6 Å². The van der Waals surface area contributed by atoms with Crippen LogP contribution in [0.1, 0.15) is 122 Å². The summed E-state index contributed by atoms with van der Waals surface area (Å²) in [7, 11) is -1.29. The van der Waals surface area contributed by atoms with Crippen LogP contribution >= 0.6 is 22.7 Å². The Morgan fingerprint density at radius 2 is 1.31 bits per heavy atom. The number of aromatic nitrogens is 2. The quantitative estimate of drug-likeness (QED) is 0.174. The largest absolute Gasteiger partial charge is 0.343 e. The van der Waals surface area contributed by atoms with Crippen LogP contribution in [-0.4, -0.2) is 110 Å². The third kappa shape index (κ3) is 14.0. The number of benzene rings is 1. The lowest BCUT2D eigenvalue weighted by Gasteiger charge is -2.31. The van der Waals surface area contributed by atoms with Crippen molar-refractivity contribution < 1.29 is 37.8 Å². The minimum atomic E-state index is -1.29. The van der Waals surface area contributed by atoms with Gasteiger partial charge >= 0.3 is 0 Å². The van der Waals surface area contributed by atoms with Crippen LogP contribution in [0, 0.1) is 17.8 Å². The number of nitrogens with zero attached hydrogens (tertiary/aromatic N) is 3. The second kappa shape index (κ2) is 23.2. The highest BCUT2D eigenvalue weighted by molar-refractivity contribution is 7.84. The predicted octanol–water partition coefficient (Wildman–Crippen LogP) is 3.18. The topological polar surface area (TPSA) is 238 Å². The summed E-state index contributed by atoms with van der Waals surface area (Å²) >= 11 is 2.41. The van der Waals surface area contributed by atoms with E-state index in [9.17, 15) is 37.8 Å². The standard InChI is InChI=1S/C44H61N9O8S3/c1-24(2)18-29-39(57)52-36(26(5)6)41(59)48-30(19-25(3)4)38(56)47-28(15-17-64(7)61)44(60)53-16-11-14-34(53)43-51-33(23-63-43)40(58)49-31(20-27-12-9-8-10-13-27)42-50-32(22-62-42)37(55)45-21-35(54)46-29/h8-10,12-13,22-26,28-31,34,36H,11,14-21H2,1-7H3,(H,45,55)(H,46,54)(H,47,56)(H,48,59)(H,49,58)(H,52,57)/t28-,29-,30-,31?,34?,36-,64?/m0/s1. The number of hydrogen-bond donors (Lipinski definition) is 6. The number of rotatable bonds is 10. The highest BCUT2D eigenvalue weighted by atomic mass is 32.2. The fourth-order valence-electron chi connectivity index (χ4n) is 7.63. The van der Waals surface area contributed by atoms with Crippen molar-refractivity contribution >= 4 is 74.8 Å². The summed E-state index contributed by atoms with van der Waals surface area (Å²) in [5, 5.41) is 20.9. The molecule has 2 aliphatic heterocycles. The number of nitrogens with one attached hydrogen (secondary N) is 6. The summed E-state index contributed by atoms with van der Waals surface area (Å²) in [5.74, 6) is -4.44. The van der Waals surface area contributed by atoms with E-state index < -0.39 is 101 Å². The number of amides is 7. The van der Waals surface area contributed by atoms with E-state index in [1.807, 2.05) is 58.0 Å². The molecule has 4 bridgehead atoms. The Morgan fingerprint density at radius 3 is 1.95 bits per heavy atom. The molecule has 0 spiro atoms. The van der Waals surface area contributed by atoms with Crippen LogP contribution in [0.2, 0.25) is 0 Å². The van der Waals surface area contributed by atoms with Crippen molar-refractivity contribution in [3.8, 4) is 0 Å². The van der Waals surface area contributed by atoms with Gasteiger partial charge in [-0.2, -0.15) is 0 Å². The fraction of sp³-hybridized carbons (Fsp3) is 0.568. The molecule has 5 rings (SSSR count). The second-order valence-electron chi connectivity index (χ2n) is 17.5. The number of hydrogen-bond acceptors (Lipinski definition) is 12. The zero-order valence-electron chi connectivity index (χ0n) is 37.4. The van der Waals surface area contributed by atoms with Crippen LogP contribution < -0.4 is 31.9 Å². The maximum atomic E-state index is 14.5. The van der Waals surface area contributed by atoms with Crippen LogP contribution in [-0.2, 0) is 41.2 Å². The first-order valence-corrected chi connectivity index (χ1v) is 25.2. The van der Waals surface area contributed by atoms with Crippen molar-refractivity contribution in [1.29, 1.82) is 0 Å². The number of fused-ring (bicyclic) bond motifs is 6. The Labute approximate surface area is 384 Å². The molecule has 3 unspecified atom stereocenters. The van der Waals surface area contributed by atoms with Gasteiger partial charge in [-0.1, -0.05) is 71.9 Å². The van der Waals surface area contributed by atoms with Crippen LogP contribution in [0.25, 0.3) is 0 Å². The first kappa shape index (κ1) is 49.9. The van der Waals surface area contributed by atoms with E-state index in [-0.39, 0.29) is 48.2 Å². The van der Waals surface area contributed by atoms with Crippen molar-refractivity contribution in [1.82, 2.24) is 46.8 Å². The monoisotopic (exact) mass is 939 g/mol. The Morgan fingerprint density at radius 1 is 0.719 bits per heavy atom. The molecule has 6 N–H and O–H groups in total. The maximum absolute atomic E-state index is 14.5. The molecule has 3 aromatic rings. The van der Waals surface area contributed by atoms with Gasteiger partial charge in [0.25, 0.3) is 11.8 Å². The zero-order valence-corrected chi connectivity index (χ0v) is 39.9. The van der Waals surface area contributed by atoms with Crippen molar-refractivity contribution in [3.05, 3.63) is 68.1 Å². The Balaban J connectivity index is 1.51. The van der Waals surface area contributed by atoms with Crippen LogP contribution in [0.15, 0.2) is 41.1 Å². The van der Waals surface area contributed by atoms with Gasteiger partial charge < -0.3 is 36.8 Å². The lowest BCUT2D eigenvalue weighted by molar-refractivity contribution is -0.138. The molecule has 1 aromatic carbocycles. The molecule has 1 fully saturated rings. The molecule has 2 aliphatic rings. The molecule has 1 saturated heterocycles. The normalized spacial score (nSPS) is 24.0. The van der Waals surface area contributed by atoms with Gasteiger partial charge in [0, 0.05) is 40.1 Å². The molecule has 348 valence electrons. The van der Waals surface area contributed by atoms with E-state index in [2.05, 4.69) is 36.9 Å². The van der Waals surface area contributed by atoms with E-state index in [1.165, 1.54) is 28.9 Å². The Kier molecular flexibility index (Phi) is 18.1. The number of thiazole rings is 2. The molecule has 7 atom stereocenters. The summed E-state index contributed by atoms with van der Waals surface area (Å²) in [6.45, 7) is 10.9. The van der Waals surface area contributed by atoms with E-state index >= 15 is 0 Å². The van der Waals surface area contributed by atoms with Crippen LogP contribution in [0.4, 0.5) is 0 Å². The molecule has 2 aromatic heterocycles. The SMILES string of the molecule is CC(C)C[C@@H]1NC(=O)CNC(=O)c2csc(n2)C(Cc2ccccc2)NC(=O)c2csc(n2)C2CCCN2C(=O)[C@H](CCS(C)=O)NC(=O)[C@H](CC(C)C)NC(=O)[C@H](C(C)C)NC1=O. The number of carbonyl (C=O) groups is 7. The van der Waals surface area contributed by atoms with Crippen molar-refractivity contribution in [2.75, 3.05) is 25.1 Å². The third-order valence-corrected chi connectivity index (χ3v) is 13.6. The van der Waals surface area contributed by atoms with Gasteiger partial charge in [0.15, 0.2) is 0 Å². The summed E-state index contributed by atoms with van der Waals surface area (Å²) in [4.78, 5) is 108. The fourth-order valence-corrected chi connectivity index (χ4v) is 10.00. The molecule has 64 heavy (non-hydrogen) atoms. The van der Waals surface area contributed by atoms with E-state index in [0.29, 0.717) is 35.8 Å². The van der Waals surface area contributed by atoms with Gasteiger partial charge in [0.2, 0.25) is 29.5 Å². The highest BCUT2D eigenvalue weighted by Crippen LogP contribution is 2.35. The lowest BCUT2D eigenvalue weighted by Crippen LogP contribution is -2.60. The van der Waals surface area contributed by atoms with Crippen LogP contribution in [0.5, 0.6) is 0 Å². The minimum absolute atomic E-state index is 0.0360. The molecule has 0 aliphatic carbocycles. The highest BCUT2D eigenvalue weighted by Gasteiger charge is 2.39. The van der Waals surface area contributed by atoms with Gasteiger partial charge in [-0.3, -0.25) is 37.8 Å². The lowest BCUT2D eigenvalue weighted by atomic mass is 9.98. The summed E-state index contributed by atoms with van der Waals surface area (Å²) in [6, 6.07) is 3.96. The molecule has 0 radical (unpaired) electrons. The minimum Gasteiger partial charge on any atom is -0.343 e. The zero-order chi connectivity index (χ0) is 46.7. The smallest absolute Gasteiger partial charge is 0.271 e. The third-order valence-electron chi connectivity index (χ3n) is 10.9. The summed E-state index contributed by atoms with van der Waals surface area (Å²) < 4.78 is 12.3. The van der Waals surface area contributed by atoms with Crippen molar-refractivity contribution in [2.24, 2.45) is 17.8 Å². The molecule has 0 saturated carbocycles. The van der Waals surface area contributed by atoms with Gasteiger partial charge in [-0.15, -0.1) is 22.7 Å². The Hall–Kier alpha value is -5.08. The average molecular weight is 940 g/mol. The van der Waals surface area contributed by atoms with Crippen LogP contribution in [0.3, 0.4) is 0 Å². The molecule has 4 heterocycles. The number of carbonyl (C=O) groups excluding carboxylic acids is 7. The summed E-state index contributed by atoms with van der Waals surface area (Å²) in [6.07, 6.45) is 3.57. The van der Waals surface area contributed by atoms with Gasteiger partial charge in [0.1, 0.15) is 45.6 Å².